The Morgan fingerprint density at radius 3 is 2.42 bits per heavy atom. The Hall–Kier alpha value is -1.42. The Morgan fingerprint density at radius 2 is 2.00 bits per heavy atom. The maximum Gasteiger partial charge on any atom is 0.309 e. The van der Waals surface area contributed by atoms with Gasteiger partial charge in [-0.25, -0.2) is 4.39 Å². The molecule has 0 radical (unpaired) electrons. The van der Waals surface area contributed by atoms with Gasteiger partial charge < -0.3 is 10.0 Å². The quantitative estimate of drug-likeness (QED) is 0.890. The second-order valence-corrected chi connectivity index (χ2v) is 5.88. The molecule has 0 aliphatic heterocycles. The summed E-state index contributed by atoms with van der Waals surface area (Å²) < 4.78 is 13.3. The summed E-state index contributed by atoms with van der Waals surface area (Å²) in [6.07, 6.45) is 0.473. The second kappa shape index (κ2) is 5.70. The monoisotopic (exact) mass is 267 g/mol. The minimum atomic E-state index is -0.822. The number of aryl methyl sites for hydroxylation is 1. The summed E-state index contributed by atoms with van der Waals surface area (Å²) in [4.78, 5) is 13.2. The van der Waals surface area contributed by atoms with Gasteiger partial charge in [0.2, 0.25) is 0 Å². The molecular formula is C15H22FNO2. The summed E-state index contributed by atoms with van der Waals surface area (Å²) in [5, 5.41) is 9.24. The van der Waals surface area contributed by atoms with Crippen LogP contribution in [0.5, 0.6) is 0 Å². The molecule has 1 atom stereocenters. The van der Waals surface area contributed by atoms with E-state index in [1.165, 1.54) is 6.07 Å². The van der Waals surface area contributed by atoms with Crippen molar-refractivity contribution in [1.82, 2.24) is 4.90 Å². The molecule has 1 aromatic carbocycles. The highest BCUT2D eigenvalue weighted by atomic mass is 19.1. The molecule has 4 heteroatoms. The highest BCUT2D eigenvalue weighted by molar-refractivity contribution is 5.73. The maximum absolute atomic E-state index is 13.3. The van der Waals surface area contributed by atoms with E-state index in [1.54, 1.807) is 32.9 Å². The van der Waals surface area contributed by atoms with Gasteiger partial charge in [0.25, 0.3) is 0 Å². The van der Waals surface area contributed by atoms with Crippen LogP contribution in [0.4, 0.5) is 4.39 Å². The van der Waals surface area contributed by atoms with Crippen LogP contribution in [0.2, 0.25) is 0 Å². The van der Waals surface area contributed by atoms with Crippen molar-refractivity contribution in [1.29, 1.82) is 0 Å². The summed E-state index contributed by atoms with van der Waals surface area (Å²) in [5.74, 6) is -1.06. The van der Waals surface area contributed by atoms with Crippen molar-refractivity contribution in [3.63, 3.8) is 0 Å². The molecule has 19 heavy (non-hydrogen) atoms. The lowest BCUT2D eigenvalue weighted by Crippen LogP contribution is -2.31. The van der Waals surface area contributed by atoms with Gasteiger partial charge in [-0.15, -0.1) is 0 Å². The first kappa shape index (κ1) is 15.6. The van der Waals surface area contributed by atoms with Crippen LogP contribution >= 0.6 is 0 Å². The smallest absolute Gasteiger partial charge is 0.309 e. The molecule has 0 spiro atoms. The summed E-state index contributed by atoms with van der Waals surface area (Å²) in [5.41, 5.74) is 0.702. The van der Waals surface area contributed by atoms with Crippen molar-refractivity contribution in [2.75, 3.05) is 14.1 Å². The van der Waals surface area contributed by atoms with E-state index in [2.05, 4.69) is 0 Å². The molecule has 0 fully saturated rings. The van der Waals surface area contributed by atoms with Gasteiger partial charge >= 0.3 is 5.97 Å². The Balaban J connectivity index is 3.08. The zero-order chi connectivity index (χ0) is 14.8. The standard InChI is InChI=1S/C15H22FNO2/c1-10-8-11(6-7-12(10)16)13(17(4)5)9-15(2,3)14(18)19/h6-8,13H,9H2,1-5H3,(H,18,19). The number of benzene rings is 1. The first-order chi connectivity index (χ1) is 8.65. The van der Waals surface area contributed by atoms with E-state index in [-0.39, 0.29) is 11.9 Å². The molecule has 1 aromatic rings. The number of hydrogen-bond donors (Lipinski definition) is 1. The van der Waals surface area contributed by atoms with E-state index in [0.29, 0.717) is 12.0 Å². The summed E-state index contributed by atoms with van der Waals surface area (Å²) in [7, 11) is 3.81. The van der Waals surface area contributed by atoms with Crippen molar-refractivity contribution < 1.29 is 14.3 Å². The number of halogens is 1. The molecule has 0 aliphatic rings. The fourth-order valence-corrected chi connectivity index (χ4v) is 2.04. The van der Waals surface area contributed by atoms with E-state index in [0.717, 1.165) is 5.56 Å². The lowest BCUT2D eigenvalue weighted by molar-refractivity contribution is -0.148. The molecule has 0 aliphatic carbocycles. The fourth-order valence-electron chi connectivity index (χ4n) is 2.04. The number of carboxylic acids is 1. The van der Waals surface area contributed by atoms with E-state index < -0.39 is 11.4 Å². The largest absolute Gasteiger partial charge is 0.481 e. The molecule has 0 saturated heterocycles. The number of nitrogens with zero attached hydrogens (tertiary/aromatic N) is 1. The van der Waals surface area contributed by atoms with Crippen LogP contribution in [0.3, 0.4) is 0 Å². The van der Waals surface area contributed by atoms with Crippen molar-refractivity contribution >= 4 is 5.97 Å². The zero-order valence-corrected chi connectivity index (χ0v) is 12.2. The van der Waals surface area contributed by atoms with Crippen molar-refractivity contribution in [2.24, 2.45) is 5.41 Å². The predicted octanol–water partition coefficient (Wildman–Crippen LogP) is 3.24. The lowest BCUT2D eigenvalue weighted by Gasteiger charge is -2.31. The number of hydrogen-bond acceptors (Lipinski definition) is 2. The van der Waals surface area contributed by atoms with Crippen molar-refractivity contribution in [2.45, 2.75) is 33.2 Å². The van der Waals surface area contributed by atoms with Gasteiger partial charge in [0, 0.05) is 6.04 Å². The Kier molecular flexibility index (Phi) is 4.69. The SMILES string of the molecule is Cc1cc(C(CC(C)(C)C(=O)O)N(C)C)ccc1F. The third-order valence-electron chi connectivity index (χ3n) is 3.47. The van der Waals surface area contributed by atoms with Gasteiger partial charge in [-0.05, 0) is 58.5 Å². The topological polar surface area (TPSA) is 40.5 Å². The van der Waals surface area contributed by atoms with Crippen LogP contribution in [0.15, 0.2) is 18.2 Å². The van der Waals surface area contributed by atoms with E-state index in [9.17, 15) is 14.3 Å². The Bertz CT molecular complexity index is 469. The summed E-state index contributed by atoms with van der Waals surface area (Å²) >= 11 is 0. The van der Waals surface area contributed by atoms with Gasteiger partial charge in [0.05, 0.1) is 5.41 Å². The van der Waals surface area contributed by atoms with Crippen LogP contribution in [0.1, 0.15) is 37.4 Å². The van der Waals surface area contributed by atoms with Crippen molar-refractivity contribution in [3.05, 3.63) is 35.1 Å². The molecule has 0 heterocycles. The van der Waals surface area contributed by atoms with E-state index in [4.69, 9.17) is 0 Å². The number of carboxylic acid groups (broad SMARTS) is 1. The van der Waals surface area contributed by atoms with Gasteiger partial charge in [0.15, 0.2) is 0 Å². The molecule has 0 saturated carbocycles. The van der Waals surface area contributed by atoms with E-state index in [1.807, 2.05) is 19.0 Å². The average Bonchev–Trinajstić information content (AvgIpc) is 2.29. The van der Waals surface area contributed by atoms with Gasteiger partial charge in [0.1, 0.15) is 5.82 Å². The first-order valence-corrected chi connectivity index (χ1v) is 6.31. The van der Waals surface area contributed by atoms with Gasteiger partial charge in [-0.1, -0.05) is 12.1 Å². The Labute approximate surface area is 114 Å². The highest BCUT2D eigenvalue weighted by Crippen LogP contribution is 2.33. The van der Waals surface area contributed by atoms with Crippen LogP contribution in [-0.4, -0.2) is 30.1 Å². The zero-order valence-electron chi connectivity index (χ0n) is 12.2. The molecule has 1 rings (SSSR count). The molecule has 3 nitrogen and oxygen atoms in total. The van der Waals surface area contributed by atoms with Gasteiger partial charge in [-0.2, -0.15) is 0 Å². The second-order valence-electron chi connectivity index (χ2n) is 5.88. The first-order valence-electron chi connectivity index (χ1n) is 6.31. The van der Waals surface area contributed by atoms with E-state index >= 15 is 0 Å². The fraction of sp³-hybridized carbons (Fsp3) is 0.533. The third kappa shape index (κ3) is 3.77. The average molecular weight is 267 g/mol. The Morgan fingerprint density at radius 1 is 1.42 bits per heavy atom. The lowest BCUT2D eigenvalue weighted by atomic mass is 9.83. The number of carbonyl (C=O) groups is 1. The molecule has 1 N–H and O–H groups in total. The third-order valence-corrected chi connectivity index (χ3v) is 3.47. The minimum absolute atomic E-state index is 0.0506. The molecule has 0 bridgehead atoms. The predicted molar refractivity (Wildman–Crippen MR) is 73.6 cm³/mol. The molecule has 106 valence electrons. The normalized spacial score (nSPS) is 13.6. The number of aliphatic carboxylic acids is 1. The molecule has 1 unspecified atom stereocenters. The van der Waals surface area contributed by atoms with Gasteiger partial charge in [-0.3, -0.25) is 4.79 Å². The minimum Gasteiger partial charge on any atom is -0.481 e. The van der Waals surface area contributed by atoms with Crippen LogP contribution in [0.25, 0.3) is 0 Å². The summed E-state index contributed by atoms with van der Waals surface area (Å²) in [6.45, 7) is 5.14. The number of rotatable bonds is 5. The summed E-state index contributed by atoms with van der Waals surface area (Å²) in [6, 6.07) is 4.91. The molecular weight excluding hydrogens is 245 g/mol. The molecule has 0 amide bonds. The van der Waals surface area contributed by atoms with Crippen LogP contribution in [-0.2, 0) is 4.79 Å². The van der Waals surface area contributed by atoms with Crippen molar-refractivity contribution in [3.8, 4) is 0 Å². The van der Waals surface area contributed by atoms with Crippen LogP contribution in [0, 0.1) is 18.2 Å². The molecule has 0 aromatic heterocycles. The van der Waals surface area contributed by atoms with Crippen LogP contribution < -0.4 is 0 Å². The maximum atomic E-state index is 13.3. The highest BCUT2D eigenvalue weighted by Gasteiger charge is 2.32.